The van der Waals surface area contributed by atoms with E-state index in [4.69, 9.17) is 25.5 Å². The highest BCUT2D eigenvalue weighted by molar-refractivity contribution is 6.31. The molecular weight excluding hydrogens is 490 g/mol. The van der Waals surface area contributed by atoms with Crippen molar-refractivity contribution in [3.8, 4) is 11.5 Å². The first kappa shape index (κ1) is 24.9. The third-order valence-corrected chi connectivity index (χ3v) is 6.84. The van der Waals surface area contributed by atoms with Gasteiger partial charge in [-0.05, 0) is 67.3 Å². The van der Waals surface area contributed by atoms with Gasteiger partial charge in [0, 0.05) is 10.7 Å². The molecule has 6 nitrogen and oxygen atoms in total. The quantitative estimate of drug-likeness (QED) is 0.265. The summed E-state index contributed by atoms with van der Waals surface area (Å²) in [4.78, 5) is 29.2. The first-order valence-corrected chi connectivity index (χ1v) is 12.6. The first-order valence-electron chi connectivity index (χ1n) is 12.3. The molecule has 1 unspecified atom stereocenters. The third kappa shape index (κ3) is 4.58. The summed E-state index contributed by atoms with van der Waals surface area (Å²) in [6.07, 6.45) is 0.910. The standard InChI is InChI=1S/C30H28ClNO5/c1-17(2)13-14-36-24-11-7-19(15-25(24)35-4)27-26-28(33)22-16-20(31)8-12-23(22)37-29(26)30(34)32(27)21-9-5-18(3)6-10-21/h5-12,15-17,27H,13-14H2,1-4H3. The monoisotopic (exact) mass is 517 g/mol. The van der Waals surface area contributed by atoms with Crippen molar-refractivity contribution >= 4 is 34.2 Å². The fourth-order valence-electron chi connectivity index (χ4n) is 4.61. The molecule has 7 heteroatoms. The number of rotatable bonds is 7. The zero-order chi connectivity index (χ0) is 26.3. The number of aryl methyl sites for hydroxylation is 1. The van der Waals surface area contributed by atoms with E-state index in [0.29, 0.717) is 51.3 Å². The minimum absolute atomic E-state index is 0.0293. The Kier molecular flexibility index (Phi) is 6.69. The van der Waals surface area contributed by atoms with E-state index in [1.54, 1.807) is 30.2 Å². The van der Waals surface area contributed by atoms with Crippen LogP contribution in [0.4, 0.5) is 5.69 Å². The number of carbonyl (C=O) groups excluding carboxylic acids is 1. The van der Waals surface area contributed by atoms with Crippen LogP contribution in [-0.2, 0) is 0 Å². The van der Waals surface area contributed by atoms with Gasteiger partial charge in [-0.3, -0.25) is 14.5 Å². The summed E-state index contributed by atoms with van der Waals surface area (Å²) in [5, 5.41) is 0.746. The van der Waals surface area contributed by atoms with Crippen LogP contribution >= 0.6 is 11.6 Å². The SMILES string of the molecule is COc1cc(C2c3c(oc4ccc(Cl)cc4c3=O)C(=O)N2c2ccc(C)cc2)ccc1OCCC(C)C. The van der Waals surface area contributed by atoms with Crippen molar-refractivity contribution in [1.82, 2.24) is 0 Å². The molecule has 0 aliphatic carbocycles. The van der Waals surface area contributed by atoms with Crippen LogP contribution in [0.25, 0.3) is 11.0 Å². The molecule has 0 saturated heterocycles. The number of hydrogen-bond acceptors (Lipinski definition) is 5. The topological polar surface area (TPSA) is 69.0 Å². The highest BCUT2D eigenvalue weighted by atomic mass is 35.5. The molecule has 5 rings (SSSR count). The van der Waals surface area contributed by atoms with Crippen LogP contribution < -0.4 is 19.8 Å². The lowest BCUT2D eigenvalue weighted by Gasteiger charge is -2.26. The van der Waals surface area contributed by atoms with Crippen molar-refractivity contribution in [2.45, 2.75) is 33.2 Å². The van der Waals surface area contributed by atoms with Gasteiger partial charge >= 0.3 is 0 Å². The van der Waals surface area contributed by atoms with Gasteiger partial charge in [-0.1, -0.05) is 49.2 Å². The molecule has 4 aromatic rings. The van der Waals surface area contributed by atoms with Gasteiger partial charge in [-0.25, -0.2) is 0 Å². The molecule has 1 aliphatic rings. The molecule has 1 atom stereocenters. The zero-order valence-corrected chi connectivity index (χ0v) is 22.0. The lowest BCUT2D eigenvalue weighted by molar-refractivity contribution is 0.0971. The van der Waals surface area contributed by atoms with E-state index in [1.807, 2.05) is 49.4 Å². The maximum absolute atomic E-state index is 13.8. The summed E-state index contributed by atoms with van der Waals surface area (Å²) in [6, 6.07) is 17.2. The molecule has 190 valence electrons. The highest BCUT2D eigenvalue weighted by Gasteiger charge is 2.44. The average molecular weight is 518 g/mol. The number of nitrogens with zero attached hydrogens (tertiary/aromatic N) is 1. The van der Waals surface area contributed by atoms with Crippen molar-refractivity contribution in [2.75, 3.05) is 18.6 Å². The van der Waals surface area contributed by atoms with Crippen molar-refractivity contribution in [2.24, 2.45) is 5.92 Å². The third-order valence-electron chi connectivity index (χ3n) is 6.60. The fraction of sp³-hybridized carbons (Fsp3) is 0.267. The van der Waals surface area contributed by atoms with Gasteiger partial charge in [0.2, 0.25) is 5.76 Å². The molecular formula is C30H28ClNO5. The van der Waals surface area contributed by atoms with Gasteiger partial charge in [0.25, 0.3) is 5.91 Å². The average Bonchev–Trinajstić information content (AvgIpc) is 3.17. The van der Waals surface area contributed by atoms with Crippen LogP contribution in [0.15, 0.2) is 69.9 Å². The summed E-state index contributed by atoms with van der Waals surface area (Å²) in [5.74, 6) is 1.29. The second kappa shape index (κ2) is 9.94. The van der Waals surface area contributed by atoms with E-state index in [9.17, 15) is 9.59 Å². The number of benzene rings is 3. The predicted molar refractivity (Wildman–Crippen MR) is 145 cm³/mol. The summed E-state index contributed by atoms with van der Waals surface area (Å²) in [5.41, 5.74) is 2.72. The molecule has 1 aromatic heterocycles. The number of halogens is 1. The van der Waals surface area contributed by atoms with E-state index < -0.39 is 6.04 Å². The van der Waals surface area contributed by atoms with E-state index in [1.165, 1.54) is 0 Å². The Morgan fingerprint density at radius 3 is 2.46 bits per heavy atom. The molecule has 0 spiro atoms. The second-order valence-corrected chi connectivity index (χ2v) is 10.1. The molecule has 0 fully saturated rings. The van der Waals surface area contributed by atoms with Crippen LogP contribution in [0.1, 0.15) is 53.6 Å². The van der Waals surface area contributed by atoms with Crippen LogP contribution in [0.5, 0.6) is 11.5 Å². The number of hydrogen-bond donors (Lipinski definition) is 0. The maximum atomic E-state index is 13.8. The van der Waals surface area contributed by atoms with Gasteiger partial charge in [0.1, 0.15) is 5.58 Å². The molecule has 3 aromatic carbocycles. The lowest BCUT2D eigenvalue weighted by Crippen LogP contribution is -2.29. The fourth-order valence-corrected chi connectivity index (χ4v) is 4.78. The minimum Gasteiger partial charge on any atom is -0.493 e. The van der Waals surface area contributed by atoms with E-state index in [-0.39, 0.29) is 22.7 Å². The van der Waals surface area contributed by atoms with Crippen molar-refractivity contribution < 1.29 is 18.7 Å². The minimum atomic E-state index is -0.719. The van der Waals surface area contributed by atoms with Gasteiger partial charge in [0.15, 0.2) is 16.9 Å². The highest BCUT2D eigenvalue weighted by Crippen LogP contribution is 2.43. The van der Waals surface area contributed by atoms with Crippen molar-refractivity contribution in [3.63, 3.8) is 0 Å². The second-order valence-electron chi connectivity index (χ2n) is 9.67. The van der Waals surface area contributed by atoms with Crippen LogP contribution in [0.3, 0.4) is 0 Å². The summed E-state index contributed by atoms with van der Waals surface area (Å²) < 4.78 is 17.6. The number of anilines is 1. The van der Waals surface area contributed by atoms with Crippen LogP contribution in [0.2, 0.25) is 5.02 Å². The Bertz CT molecular complexity index is 1540. The molecule has 0 saturated carbocycles. The number of amides is 1. The van der Waals surface area contributed by atoms with Crippen molar-refractivity contribution in [3.05, 3.63) is 98.4 Å². The smallest absolute Gasteiger partial charge is 0.295 e. The lowest BCUT2D eigenvalue weighted by atomic mass is 9.97. The summed E-state index contributed by atoms with van der Waals surface area (Å²) in [7, 11) is 1.57. The molecule has 0 N–H and O–H groups in total. The first-order chi connectivity index (χ1) is 17.8. The maximum Gasteiger partial charge on any atom is 0.295 e. The molecule has 2 heterocycles. The van der Waals surface area contributed by atoms with Gasteiger partial charge in [-0.2, -0.15) is 0 Å². The number of methoxy groups -OCH3 is 1. The van der Waals surface area contributed by atoms with Crippen LogP contribution in [0, 0.1) is 12.8 Å². The Morgan fingerprint density at radius 2 is 1.76 bits per heavy atom. The Morgan fingerprint density at radius 1 is 1.00 bits per heavy atom. The normalized spacial score (nSPS) is 14.9. The number of fused-ring (bicyclic) bond motifs is 2. The molecule has 37 heavy (non-hydrogen) atoms. The Labute approximate surface area is 220 Å². The Hall–Kier alpha value is -3.77. The molecule has 1 aliphatic heterocycles. The Balaban J connectivity index is 1.68. The van der Waals surface area contributed by atoms with Crippen LogP contribution in [-0.4, -0.2) is 19.6 Å². The number of carbonyl (C=O) groups is 1. The summed E-state index contributed by atoms with van der Waals surface area (Å²) in [6.45, 7) is 6.82. The molecule has 1 amide bonds. The molecule has 0 bridgehead atoms. The van der Waals surface area contributed by atoms with E-state index in [0.717, 1.165) is 12.0 Å². The van der Waals surface area contributed by atoms with Gasteiger partial charge in [-0.15, -0.1) is 0 Å². The largest absolute Gasteiger partial charge is 0.493 e. The number of ether oxygens (including phenoxy) is 2. The van der Waals surface area contributed by atoms with E-state index in [2.05, 4.69) is 13.8 Å². The predicted octanol–water partition coefficient (Wildman–Crippen LogP) is 6.94. The van der Waals surface area contributed by atoms with E-state index >= 15 is 0 Å². The zero-order valence-electron chi connectivity index (χ0n) is 21.2. The summed E-state index contributed by atoms with van der Waals surface area (Å²) >= 11 is 6.19. The molecule has 0 radical (unpaired) electrons. The van der Waals surface area contributed by atoms with Gasteiger partial charge < -0.3 is 13.9 Å². The van der Waals surface area contributed by atoms with Crippen molar-refractivity contribution in [1.29, 1.82) is 0 Å². The van der Waals surface area contributed by atoms with Gasteiger partial charge in [0.05, 0.1) is 30.7 Å².